The van der Waals surface area contributed by atoms with Gasteiger partial charge in [0.2, 0.25) is 0 Å². The van der Waals surface area contributed by atoms with Crippen LogP contribution in [0.4, 0.5) is 0 Å². The van der Waals surface area contributed by atoms with E-state index in [1.54, 1.807) is 0 Å². The number of rotatable bonds is 8. The van der Waals surface area contributed by atoms with Crippen molar-refractivity contribution in [3.05, 3.63) is 78.4 Å². The molecule has 0 aliphatic carbocycles. The molecule has 3 nitrogen and oxygen atoms in total. The number of nitrogens with one attached hydrogen (secondary N) is 1. The number of fused-ring (bicyclic) bond motifs is 1. The molecule has 3 rings (SSSR count). The van der Waals surface area contributed by atoms with Crippen molar-refractivity contribution in [3.8, 4) is 5.75 Å². The molecule has 0 aliphatic heterocycles. The van der Waals surface area contributed by atoms with E-state index in [0.29, 0.717) is 12.6 Å². The van der Waals surface area contributed by atoms with Gasteiger partial charge in [0.25, 0.3) is 0 Å². The van der Waals surface area contributed by atoms with Crippen molar-refractivity contribution < 1.29 is 9.47 Å². The summed E-state index contributed by atoms with van der Waals surface area (Å²) < 4.78 is 12.3. The second-order valence-corrected chi connectivity index (χ2v) is 6.87. The first-order valence-corrected chi connectivity index (χ1v) is 9.19. The SMILES string of the molecule is CC(C)NC(Oc1ccc2ccccc2c1)C(C)OCc1ccccc1. The van der Waals surface area contributed by atoms with Crippen LogP contribution in [-0.4, -0.2) is 18.4 Å². The quantitative estimate of drug-likeness (QED) is 0.571. The maximum Gasteiger partial charge on any atom is 0.176 e. The number of hydrogen-bond donors (Lipinski definition) is 1. The third-order valence-electron chi connectivity index (χ3n) is 4.26. The van der Waals surface area contributed by atoms with Gasteiger partial charge in [-0.1, -0.05) is 60.7 Å². The fraction of sp³-hybridized carbons (Fsp3) is 0.304. The van der Waals surface area contributed by atoms with Crippen LogP contribution in [0.25, 0.3) is 10.8 Å². The molecule has 0 saturated carbocycles. The highest BCUT2D eigenvalue weighted by Gasteiger charge is 2.21. The standard InChI is InChI=1S/C23H27NO2/c1-17(2)24-23(18(3)25-16-19-9-5-4-6-10-19)26-22-14-13-20-11-7-8-12-21(20)15-22/h4-15,17-18,23-24H,16H2,1-3H3. The summed E-state index contributed by atoms with van der Waals surface area (Å²) in [5.41, 5.74) is 1.16. The van der Waals surface area contributed by atoms with Gasteiger partial charge in [-0.15, -0.1) is 0 Å². The Bertz CT molecular complexity index is 817. The van der Waals surface area contributed by atoms with Crippen molar-refractivity contribution in [1.82, 2.24) is 5.32 Å². The topological polar surface area (TPSA) is 30.5 Å². The molecule has 0 radical (unpaired) electrons. The van der Waals surface area contributed by atoms with E-state index in [9.17, 15) is 0 Å². The molecule has 2 atom stereocenters. The molecular weight excluding hydrogens is 322 g/mol. The average Bonchev–Trinajstić information content (AvgIpc) is 2.66. The first-order valence-electron chi connectivity index (χ1n) is 9.19. The van der Waals surface area contributed by atoms with Gasteiger partial charge in [0.15, 0.2) is 6.23 Å². The van der Waals surface area contributed by atoms with E-state index in [2.05, 4.69) is 55.6 Å². The zero-order chi connectivity index (χ0) is 18.4. The minimum Gasteiger partial charge on any atom is -0.473 e. The largest absolute Gasteiger partial charge is 0.473 e. The van der Waals surface area contributed by atoms with Gasteiger partial charge in [0.05, 0.1) is 6.61 Å². The number of ether oxygens (including phenoxy) is 2. The Labute approximate surface area is 156 Å². The van der Waals surface area contributed by atoms with Gasteiger partial charge < -0.3 is 9.47 Å². The van der Waals surface area contributed by atoms with Crippen molar-refractivity contribution in [2.24, 2.45) is 0 Å². The van der Waals surface area contributed by atoms with Crippen LogP contribution in [0.15, 0.2) is 72.8 Å². The molecular formula is C23H27NO2. The third-order valence-corrected chi connectivity index (χ3v) is 4.26. The number of hydrogen-bond acceptors (Lipinski definition) is 3. The lowest BCUT2D eigenvalue weighted by atomic mass is 10.1. The van der Waals surface area contributed by atoms with E-state index in [0.717, 1.165) is 11.3 Å². The molecule has 2 unspecified atom stereocenters. The molecule has 0 spiro atoms. The van der Waals surface area contributed by atoms with Crippen LogP contribution in [0.5, 0.6) is 5.75 Å². The van der Waals surface area contributed by atoms with Gasteiger partial charge in [0, 0.05) is 6.04 Å². The molecule has 3 aromatic carbocycles. The molecule has 0 fully saturated rings. The highest BCUT2D eigenvalue weighted by molar-refractivity contribution is 5.83. The van der Waals surface area contributed by atoms with Crippen molar-refractivity contribution in [1.29, 1.82) is 0 Å². The van der Waals surface area contributed by atoms with E-state index < -0.39 is 0 Å². The van der Waals surface area contributed by atoms with Gasteiger partial charge in [0.1, 0.15) is 11.9 Å². The van der Waals surface area contributed by atoms with Crippen LogP contribution in [0, 0.1) is 0 Å². The predicted octanol–water partition coefficient (Wildman–Crippen LogP) is 5.15. The van der Waals surface area contributed by atoms with Crippen molar-refractivity contribution in [3.63, 3.8) is 0 Å². The van der Waals surface area contributed by atoms with Crippen molar-refractivity contribution >= 4 is 10.8 Å². The summed E-state index contributed by atoms with van der Waals surface area (Å²) in [6, 6.07) is 25.0. The molecule has 0 aliphatic rings. The summed E-state index contributed by atoms with van der Waals surface area (Å²) in [5.74, 6) is 0.844. The van der Waals surface area contributed by atoms with Crippen molar-refractivity contribution in [2.45, 2.75) is 45.8 Å². The second-order valence-electron chi connectivity index (χ2n) is 6.87. The molecule has 0 aromatic heterocycles. The molecule has 0 amide bonds. The minimum atomic E-state index is -0.222. The third kappa shape index (κ3) is 5.07. The van der Waals surface area contributed by atoms with Crippen LogP contribution in [-0.2, 0) is 11.3 Å². The summed E-state index contributed by atoms with van der Waals surface area (Å²) in [7, 11) is 0. The van der Waals surface area contributed by atoms with Gasteiger partial charge in [-0.05, 0) is 49.2 Å². The minimum absolute atomic E-state index is 0.0934. The lowest BCUT2D eigenvalue weighted by Crippen LogP contribution is -2.47. The van der Waals surface area contributed by atoms with Gasteiger partial charge in [-0.2, -0.15) is 0 Å². The van der Waals surface area contributed by atoms with Crippen LogP contribution in [0.3, 0.4) is 0 Å². The molecule has 3 heteroatoms. The zero-order valence-corrected chi connectivity index (χ0v) is 15.7. The van der Waals surface area contributed by atoms with Crippen LogP contribution in [0.2, 0.25) is 0 Å². The summed E-state index contributed by atoms with van der Waals surface area (Å²) in [5, 5.41) is 5.85. The zero-order valence-electron chi connectivity index (χ0n) is 15.7. The highest BCUT2D eigenvalue weighted by atomic mass is 16.5. The van der Waals surface area contributed by atoms with Crippen LogP contribution < -0.4 is 10.1 Å². The molecule has 26 heavy (non-hydrogen) atoms. The fourth-order valence-electron chi connectivity index (χ4n) is 2.87. The first-order chi connectivity index (χ1) is 12.6. The van der Waals surface area contributed by atoms with Gasteiger partial charge >= 0.3 is 0 Å². The normalized spacial score (nSPS) is 13.7. The Morgan fingerprint density at radius 1 is 0.808 bits per heavy atom. The Morgan fingerprint density at radius 3 is 2.23 bits per heavy atom. The lowest BCUT2D eigenvalue weighted by molar-refractivity contribution is -0.0401. The van der Waals surface area contributed by atoms with Crippen LogP contribution in [0.1, 0.15) is 26.3 Å². The van der Waals surface area contributed by atoms with Crippen LogP contribution >= 0.6 is 0 Å². The molecule has 0 heterocycles. The van der Waals surface area contributed by atoms with E-state index in [1.165, 1.54) is 10.8 Å². The summed E-state index contributed by atoms with van der Waals surface area (Å²) in [6.07, 6.45) is -0.316. The molecule has 1 N–H and O–H groups in total. The van der Waals surface area contributed by atoms with E-state index in [1.807, 2.05) is 43.3 Å². The maximum absolute atomic E-state index is 6.25. The van der Waals surface area contributed by atoms with Gasteiger partial charge in [-0.25, -0.2) is 0 Å². The van der Waals surface area contributed by atoms with Gasteiger partial charge in [-0.3, -0.25) is 5.32 Å². The average molecular weight is 349 g/mol. The fourth-order valence-corrected chi connectivity index (χ4v) is 2.87. The first kappa shape index (κ1) is 18.4. The van der Waals surface area contributed by atoms with E-state index >= 15 is 0 Å². The summed E-state index contributed by atoms with van der Waals surface area (Å²) >= 11 is 0. The molecule has 0 bridgehead atoms. The Hall–Kier alpha value is -2.36. The monoisotopic (exact) mass is 349 g/mol. The summed E-state index contributed by atoms with van der Waals surface area (Å²) in [6.45, 7) is 6.84. The molecule has 0 saturated heterocycles. The smallest absolute Gasteiger partial charge is 0.176 e. The Balaban J connectivity index is 1.69. The Kier molecular flexibility index (Phi) is 6.26. The van der Waals surface area contributed by atoms with Crippen molar-refractivity contribution in [2.75, 3.05) is 0 Å². The van der Waals surface area contributed by atoms with E-state index in [4.69, 9.17) is 9.47 Å². The maximum atomic E-state index is 6.25. The lowest BCUT2D eigenvalue weighted by Gasteiger charge is -2.28. The molecule has 136 valence electrons. The Morgan fingerprint density at radius 2 is 1.50 bits per heavy atom. The number of benzene rings is 3. The second kappa shape index (κ2) is 8.84. The van der Waals surface area contributed by atoms with E-state index in [-0.39, 0.29) is 12.3 Å². The molecule has 3 aromatic rings. The predicted molar refractivity (Wildman–Crippen MR) is 107 cm³/mol. The summed E-state index contributed by atoms with van der Waals surface area (Å²) in [4.78, 5) is 0. The highest BCUT2D eigenvalue weighted by Crippen LogP contribution is 2.22.